The van der Waals surface area contributed by atoms with E-state index in [0.717, 1.165) is 24.3 Å². The van der Waals surface area contributed by atoms with E-state index in [4.69, 9.17) is 0 Å². The van der Waals surface area contributed by atoms with Crippen molar-refractivity contribution in [3.05, 3.63) is 71.3 Å². The molecule has 33 heavy (non-hydrogen) atoms. The molecule has 0 aliphatic rings. The maximum atomic E-state index is 12.4. The van der Waals surface area contributed by atoms with Crippen LogP contribution in [0.1, 0.15) is 13.8 Å². The molecule has 0 bridgehead atoms. The Bertz CT molecular complexity index is 1110. The number of nitro benzene ring substituents is 1. The third-order valence-electron chi connectivity index (χ3n) is 4.98. The molecule has 9 nitrogen and oxygen atoms in total. The Hall–Kier alpha value is -3.66. The predicted molar refractivity (Wildman–Crippen MR) is 132 cm³/mol. The maximum absolute atomic E-state index is 12.4. The number of rotatable bonds is 11. The zero-order valence-corrected chi connectivity index (χ0v) is 19.4. The van der Waals surface area contributed by atoms with Crippen LogP contribution in [-0.2, 0) is 11.3 Å². The lowest BCUT2D eigenvalue weighted by molar-refractivity contribution is -0.384. The molecule has 0 atom stereocenters. The average molecular weight is 467 g/mol. The van der Waals surface area contributed by atoms with Gasteiger partial charge in [-0.3, -0.25) is 19.5 Å². The molecule has 0 aliphatic heterocycles. The third kappa shape index (κ3) is 5.98. The van der Waals surface area contributed by atoms with Crippen LogP contribution in [0.5, 0.6) is 0 Å². The molecule has 0 saturated carbocycles. The number of allylic oxidation sites excluding steroid dienone is 1. The number of amides is 1. The molecule has 1 N–H and O–H groups in total. The van der Waals surface area contributed by atoms with Crippen molar-refractivity contribution in [2.24, 2.45) is 0 Å². The van der Waals surface area contributed by atoms with E-state index in [0.29, 0.717) is 23.2 Å². The highest BCUT2D eigenvalue weighted by atomic mass is 32.2. The Morgan fingerprint density at radius 1 is 1.15 bits per heavy atom. The summed E-state index contributed by atoms with van der Waals surface area (Å²) < 4.78 is 1.92. The minimum Gasteiger partial charge on any atom is -0.372 e. The zero-order chi connectivity index (χ0) is 23.8. The van der Waals surface area contributed by atoms with Crippen molar-refractivity contribution in [2.45, 2.75) is 25.5 Å². The van der Waals surface area contributed by atoms with Gasteiger partial charge >= 0.3 is 0 Å². The Morgan fingerprint density at radius 3 is 2.39 bits per heavy atom. The molecule has 172 valence electrons. The van der Waals surface area contributed by atoms with Crippen molar-refractivity contribution in [1.82, 2.24) is 14.8 Å². The van der Waals surface area contributed by atoms with Crippen molar-refractivity contribution >= 4 is 34.7 Å². The van der Waals surface area contributed by atoms with Crippen molar-refractivity contribution in [3.63, 3.8) is 0 Å². The molecule has 0 radical (unpaired) electrons. The van der Waals surface area contributed by atoms with Crippen molar-refractivity contribution in [1.29, 1.82) is 0 Å². The number of non-ortho nitro benzene ring substituents is 1. The lowest BCUT2D eigenvalue weighted by Crippen LogP contribution is -2.21. The molecule has 10 heteroatoms. The Kier molecular flexibility index (Phi) is 8.20. The van der Waals surface area contributed by atoms with Crippen LogP contribution >= 0.6 is 11.8 Å². The van der Waals surface area contributed by atoms with E-state index in [-0.39, 0.29) is 17.3 Å². The van der Waals surface area contributed by atoms with E-state index < -0.39 is 4.92 Å². The first-order valence-electron chi connectivity index (χ1n) is 10.5. The van der Waals surface area contributed by atoms with Gasteiger partial charge in [0.05, 0.1) is 10.7 Å². The number of nitro groups is 1. The smallest absolute Gasteiger partial charge is 0.269 e. The standard InChI is InChI=1S/C23H26N6O3S/c1-4-15-28-22(17-7-11-19(12-8-17)27(5-2)6-3)25-26-23(28)33-16-21(30)24-18-9-13-20(14-10-18)29(31)32/h4,7-14H,1,5-6,15-16H2,2-3H3,(H,24,30). The van der Waals surface area contributed by atoms with Gasteiger partial charge in [0.2, 0.25) is 5.91 Å². The quantitative estimate of drug-likeness (QED) is 0.190. The molecule has 2 aromatic carbocycles. The molecular weight excluding hydrogens is 440 g/mol. The number of hydrogen-bond acceptors (Lipinski definition) is 7. The van der Waals surface area contributed by atoms with Gasteiger partial charge in [0.15, 0.2) is 11.0 Å². The van der Waals surface area contributed by atoms with Gasteiger partial charge in [-0.1, -0.05) is 17.8 Å². The molecule has 3 rings (SSSR count). The number of benzene rings is 2. The minimum absolute atomic E-state index is 0.0300. The molecule has 1 amide bonds. The topological polar surface area (TPSA) is 106 Å². The molecule has 0 saturated heterocycles. The molecule has 0 unspecified atom stereocenters. The van der Waals surface area contributed by atoms with Crippen molar-refractivity contribution in [3.8, 4) is 11.4 Å². The maximum Gasteiger partial charge on any atom is 0.269 e. The number of aromatic nitrogens is 3. The van der Waals surface area contributed by atoms with E-state index in [1.807, 2.05) is 16.7 Å². The second-order valence-corrected chi connectivity index (χ2v) is 8.01. The van der Waals surface area contributed by atoms with E-state index >= 15 is 0 Å². The molecule has 1 heterocycles. The number of carbonyl (C=O) groups excluding carboxylic acids is 1. The first-order valence-corrected chi connectivity index (χ1v) is 11.5. The van der Waals surface area contributed by atoms with Crippen LogP contribution in [0.2, 0.25) is 0 Å². The molecule has 0 fully saturated rings. The van der Waals surface area contributed by atoms with Crippen molar-refractivity contribution < 1.29 is 9.72 Å². The Balaban J connectivity index is 1.69. The summed E-state index contributed by atoms with van der Waals surface area (Å²) in [5.41, 5.74) is 2.55. The van der Waals surface area contributed by atoms with Gasteiger partial charge in [-0.15, -0.1) is 16.8 Å². The van der Waals surface area contributed by atoms with E-state index in [2.05, 4.69) is 53.0 Å². The van der Waals surface area contributed by atoms with Crippen LogP contribution in [0.3, 0.4) is 0 Å². The van der Waals surface area contributed by atoms with Crippen molar-refractivity contribution in [2.75, 3.05) is 29.1 Å². The number of nitrogens with one attached hydrogen (secondary N) is 1. The summed E-state index contributed by atoms with van der Waals surface area (Å²) in [6.07, 6.45) is 1.76. The van der Waals surface area contributed by atoms with Crippen LogP contribution in [0.25, 0.3) is 11.4 Å². The van der Waals surface area contributed by atoms with Gasteiger partial charge in [0.1, 0.15) is 0 Å². The molecule has 0 spiro atoms. The lowest BCUT2D eigenvalue weighted by Gasteiger charge is -2.21. The largest absolute Gasteiger partial charge is 0.372 e. The highest BCUT2D eigenvalue weighted by molar-refractivity contribution is 7.99. The third-order valence-corrected chi connectivity index (χ3v) is 5.94. The summed E-state index contributed by atoms with van der Waals surface area (Å²) in [7, 11) is 0. The van der Waals surface area contributed by atoms with Gasteiger partial charge in [-0.25, -0.2) is 0 Å². The van der Waals surface area contributed by atoms with E-state index in [1.54, 1.807) is 6.08 Å². The zero-order valence-electron chi connectivity index (χ0n) is 18.6. The normalized spacial score (nSPS) is 10.6. The van der Waals surface area contributed by atoms with E-state index in [1.165, 1.54) is 36.0 Å². The summed E-state index contributed by atoms with van der Waals surface area (Å²) in [5.74, 6) is 0.582. The van der Waals surface area contributed by atoms with Gasteiger partial charge in [0, 0.05) is 48.7 Å². The number of carbonyl (C=O) groups is 1. The SMILES string of the molecule is C=CCn1c(SCC(=O)Nc2ccc([N+](=O)[O-])cc2)nnc1-c1ccc(N(CC)CC)cc1. The number of hydrogen-bond donors (Lipinski definition) is 1. The van der Waals surface area contributed by atoms with Crippen LogP contribution in [-0.4, -0.2) is 44.4 Å². The summed E-state index contributed by atoms with van der Waals surface area (Å²) in [4.78, 5) is 24.9. The van der Waals surface area contributed by atoms with Gasteiger partial charge in [-0.05, 0) is 50.2 Å². The van der Waals surface area contributed by atoms with Crippen LogP contribution in [0, 0.1) is 10.1 Å². The molecule has 0 aliphatic carbocycles. The first-order chi connectivity index (χ1) is 16.0. The predicted octanol–water partition coefficient (Wildman–Crippen LogP) is 4.62. The van der Waals surface area contributed by atoms with Crippen LogP contribution in [0.4, 0.5) is 17.1 Å². The Morgan fingerprint density at radius 2 is 1.82 bits per heavy atom. The molecule has 1 aromatic heterocycles. The van der Waals surface area contributed by atoms with Crippen LogP contribution in [0.15, 0.2) is 66.3 Å². The highest BCUT2D eigenvalue weighted by Crippen LogP contribution is 2.26. The van der Waals surface area contributed by atoms with Gasteiger partial charge < -0.3 is 10.2 Å². The highest BCUT2D eigenvalue weighted by Gasteiger charge is 2.16. The summed E-state index contributed by atoms with van der Waals surface area (Å²) >= 11 is 1.27. The minimum atomic E-state index is -0.484. The molecular formula is C23H26N6O3S. The van der Waals surface area contributed by atoms with E-state index in [9.17, 15) is 14.9 Å². The second kappa shape index (κ2) is 11.3. The lowest BCUT2D eigenvalue weighted by atomic mass is 10.2. The number of thioether (sulfide) groups is 1. The van der Waals surface area contributed by atoms with Gasteiger partial charge in [-0.2, -0.15) is 0 Å². The monoisotopic (exact) mass is 466 g/mol. The Labute approximate surface area is 196 Å². The average Bonchev–Trinajstić information content (AvgIpc) is 3.22. The second-order valence-electron chi connectivity index (χ2n) is 7.07. The molecule has 3 aromatic rings. The van der Waals surface area contributed by atoms with Crippen LogP contribution < -0.4 is 10.2 Å². The summed E-state index contributed by atoms with van der Waals surface area (Å²) in [6.45, 7) is 10.4. The number of anilines is 2. The van der Waals surface area contributed by atoms with Gasteiger partial charge in [0.25, 0.3) is 5.69 Å². The fourth-order valence-corrected chi connectivity index (χ4v) is 4.05. The summed E-state index contributed by atoms with van der Waals surface area (Å²) in [5, 5.41) is 22.7. The first kappa shape index (κ1) is 24.0. The fraction of sp³-hybridized carbons (Fsp3) is 0.261. The summed E-state index contributed by atoms with van der Waals surface area (Å²) in [6, 6.07) is 13.9. The fourth-order valence-electron chi connectivity index (χ4n) is 3.31. The number of nitrogens with zero attached hydrogens (tertiary/aromatic N) is 5.